The number of halogens is 3. The fourth-order valence-corrected chi connectivity index (χ4v) is 5.14. The summed E-state index contributed by atoms with van der Waals surface area (Å²) in [5.41, 5.74) is 3.55. The van der Waals surface area contributed by atoms with Gasteiger partial charge in [-0.3, -0.25) is 9.69 Å². The van der Waals surface area contributed by atoms with Crippen LogP contribution in [0.4, 0.5) is 13.2 Å². The smallest absolute Gasteiger partial charge is 0.361 e. The molecule has 1 N–H and O–H groups in total. The molecule has 0 saturated carbocycles. The fourth-order valence-electron chi connectivity index (χ4n) is 5.14. The van der Waals surface area contributed by atoms with Crippen LogP contribution in [0.1, 0.15) is 38.3 Å². The number of nitrogens with zero attached hydrogens (tertiary/aromatic N) is 2. The van der Waals surface area contributed by atoms with Crippen molar-refractivity contribution in [1.29, 1.82) is 0 Å². The summed E-state index contributed by atoms with van der Waals surface area (Å²) in [5.74, 6) is -0.462. The van der Waals surface area contributed by atoms with Crippen molar-refractivity contribution in [3.05, 3.63) is 41.6 Å². The minimum atomic E-state index is -4.23. The maximum absolute atomic E-state index is 13.2. The predicted molar refractivity (Wildman–Crippen MR) is 112 cm³/mol. The van der Waals surface area contributed by atoms with Crippen LogP contribution in [0.5, 0.6) is 0 Å². The standard InChI is InChI=1S/C23H28F3N3O/c1-4-28(5-2)21(30)15-11-18-17-7-6-8-19-20(17)16(13-27-19)12-22(18,3)29(14-15)10-9-23(24,25)26/h6-8,11,13,15,27H,4-5,9-10,12,14H2,1-3H3/t15-,22-/m1/s1. The second-order valence-electron chi connectivity index (χ2n) is 8.50. The molecule has 2 aromatic rings. The summed E-state index contributed by atoms with van der Waals surface area (Å²) in [6, 6.07) is 5.99. The molecule has 0 bridgehead atoms. The molecule has 7 heteroatoms. The molecule has 0 radical (unpaired) electrons. The molecule has 1 aliphatic heterocycles. The van der Waals surface area contributed by atoms with Gasteiger partial charge in [0.25, 0.3) is 0 Å². The van der Waals surface area contributed by atoms with E-state index in [1.54, 1.807) is 4.90 Å². The summed E-state index contributed by atoms with van der Waals surface area (Å²) in [7, 11) is 0. The van der Waals surface area contributed by atoms with Crippen molar-refractivity contribution >= 4 is 22.4 Å². The van der Waals surface area contributed by atoms with Gasteiger partial charge in [-0.25, -0.2) is 0 Å². The van der Waals surface area contributed by atoms with Gasteiger partial charge in [-0.05, 0) is 50.0 Å². The van der Waals surface area contributed by atoms with E-state index >= 15 is 0 Å². The molecular weight excluding hydrogens is 391 g/mol. The molecule has 1 aromatic heterocycles. The van der Waals surface area contributed by atoms with E-state index in [2.05, 4.69) is 4.98 Å². The minimum Gasteiger partial charge on any atom is -0.361 e. The summed E-state index contributed by atoms with van der Waals surface area (Å²) >= 11 is 0. The minimum absolute atomic E-state index is 0.0152. The molecule has 0 saturated heterocycles. The average molecular weight is 419 g/mol. The normalized spacial score (nSPS) is 23.9. The topological polar surface area (TPSA) is 39.3 Å². The van der Waals surface area contributed by atoms with Crippen molar-refractivity contribution in [2.45, 2.75) is 45.3 Å². The number of hydrogen-bond donors (Lipinski definition) is 1. The van der Waals surface area contributed by atoms with Crippen LogP contribution >= 0.6 is 0 Å². The third-order valence-corrected chi connectivity index (χ3v) is 6.73. The molecule has 30 heavy (non-hydrogen) atoms. The van der Waals surface area contributed by atoms with Crippen LogP contribution in [0, 0.1) is 5.92 Å². The average Bonchev–Trinajstić information content (AvgIpc) is 3.10. The third-order valence-electron chi connectivity index (χ3n) is 6.73. The molecule has 2 heterocycles. The lowest BCUT2D eigenvalue weighted by molar-refractivity contribution is -0.142. The number of nitrogens with one attached hydrogen (secondary N) is 1. The number of hydrogen-bond acceptors (Lipinski definition) is 2. The number of benzene rings is 1. The lowest BCUT2D eigenvalue weighted by Gasteiger charge is -2.50. The van der Waals surface area contributed by atoms with Gasteiger partial charge >= 0.3 is 6.18 Å². The highest BCUT2D eigenvalue weighted by Gasteiger charge is 2.46. The van der Waals surface area contributed by atoms with Crippen molar-refractivity contribution in [3.63, 3.8) is 0 Å². The molecule has 2 atom stereocenters. The van der Waals surface area contributed by atoms with Gasteiger partial charge in [0, 0.05) is 48.8 Å². The van der Waals surface area contributed by atoms with E-state index < -0.39 is 24.1 Å². The Morgan fingerprint density at radius 2 is 2.03 bits per heavy atom. The van der Waals surface area contributed by atoms with Gasteiger partial charge < -0.3 is 9.88 Å². The van der Waals surface area contributed by atoms with E-state index in [-0.39, 0.29) is 12.5 Å². The Balaban J connectivity index is 1.81. The Kier molecular flexibility index (Phi) is 5.21. The van der Waals surface area contributed by atoms with E-state index in [0.29, 0.717) is 26.1 Å². The molecule has 1 aromatic carbocycles. The van der Waals surface area contributed by atoms with Crippen molar-refractivity contribution in [3.8, 4) is 0 Å². The number of amides is 1. The van der Waals surface area contributed by atoms with Gasteiger partial charge in [-0.2, -0.15) is 13.2 Å². The third kappa shape index (κ3) is 3.43. The van der Waals surface area contributed by atoms with Crippen LogP contribution in [-0.2, 0) is 11.2 Å². The van der Waals surface area contributed by atoms with Crippen LogP contribution in [0.15, 0.2) is 30.5 Å². The Morgan fingerprint density at radius 3 is 2.70 bits per heavy atom. The monoisotopic (exact) mass is 419 g/mol. The molecule has 0 spiro atoms. The molecule has 0 unspecified atom stereocenters. The van der Waals surface area contributed by atoms with Crippen LogP contribution in [-0.4, -0.2) is 58.6 Å². The highest BCUT2D eigenvalue weighted by molar-refractivity contribution is 6.00. The van der Waals surface area contributed by atoms with Gasteiger partial charge in [0.2, 0.25) is 5.91 Å². The number of alkyl halides is 3. The lowest BCUT2D eigenvalue weighted by Crippen LogP contribution is -2.57. The summed E-state index contributed by atoms with van der Waals surface area (Å²) in [6.45, 7) is 7.24. The lowest BCUT2D eigenvalue weighted by atomic mass is 9.70. The highest BCUT2D eigenvalue weighted by atomic mass is 19.4. The number of H-pyrrole nitrogens is 1. The summed E-state index contributed by atoms with van der Waals surface area (Å²) < 4.78 is 39.3. The predicted octanol–water partition coefficient (Wildman–Crippen LogP) is 4.62. The van der Waals surface area contributed by atoms with Gasteiger partial charge in [-0.15, -0.1) is 0 Å². The number of aromatic amines is 1. The zero-order chi connectivity index (χ0) is 21.7. The molecule has 162 valence electrons. The van der Waals surface area contributed by atoms with Crippen LogP contribution in [0.3, 0.4) is 0 Å². The molecule has 1 amide bonds. The molecule has 0 fully saturated rings. The second kappa shape index (κ2) is 7.45. The van der Waals surface area contributed by atoms with Crippen molar-refractivity contribution in [2.75, 3.05) is 26.2 Å². The number of aromatic nitrogens is 1. The molecule has 4 nitrogen and oxygen atoms in total. The number of rotatable bonds is 5. The van der Waals surface area contributed by atoms with Gasteiger partial charge in [-0.1, -0.05) is 18.2 Å². The molecule has 4 rings (SSSR count). The largest absolute Gasteiger partial charge is 0.390 e. The summed E-state index contributed by atoms with van der Waals surface area (Å²) in [6.07, 6.45) is -0.503. The number of carbonyl (C=O) groups is 1. The van der Waals surface area contributed by atoms with E-state index in [9.17, 15) is 18.0 Å². The quantitative estimate of drug-likeness (QED) is 0.768. The summed E-state index contributed by atoms with van der Waals surface area (Å²) in [5, 5.41) is 1.12. The Hall–Kier alpha value is -2.28. The first-order valence-electron chi connectivity index (χ1n) is 10.6. The van der Waals surface area contributed by atoms with Gasteiger partial charge in [0.05, 0.1) is 12.3 Å². The first kappa shape index (κ1) is 21.0. The zero-order valence-electron chi connectivity index (χ0n) is 17.6. The first-order valence-corrected chi connectivity index (χ1v) is 10.6. The van der Waals surface area contributed by atoms with Crippen LogP contribution in [0.2, 0.25) is 0 Å². The van der Waals surface area contributed by atoms with E-state index in [0.717, 1.165) is 27.6 Å². The fraction of sp³-hybridized carbons (Fsp3) is 0.522. The SMILES string of the molecule is CCN(CC)C(=O)[C@@H]1C=C2c3cccc4[nH]cc(c34)C[C@@]2(C)N(CCC(F)(F)F)C1. The van der Waals surface area contributed by atoms with Gasteiger partial charge in [0.1, 0.15) is 0 Å². The number of fused-ring (bicyclic) bond motifs is 2. The molecular formula is C23H28F3N3O. The molecule has 1 aliphatic carbocycles. The second-order valence-corrected chi connectivity index (χ2v) is 8.50. The first-order chi connectivity index (χ1) is 14.2. The van der Waals surface area contributed by atoms with E-state index in [1.165, 1.54) is 0 Å². The summed E-state index contributed by atoms with van der Waals surface area (Å²) in [4.78, 5) is 20.1. The van der Waals surface area contributed by atoms with Gasteiger partial charge in [0.15, 0.2) is 0 Å². The Morgan fingerprint density at radius 1 is 1.30 bits per heavy atom. The Bertz CT molecular complexity index is 989. The molecule has 2 aliphatic rings. The van der Waals surface area contributed by atoms with E-state index in [4.69, 9.17) is 0 Å². The maximum Gasteiger partial charge on any atom is 0.390 e. The zero-order valence-corrected chi connectivity index (χ0v) is 17.6. The van der Waals surface area contributed by atoms with Crippen LogP contribution in [0.25, 0.3) is 16.5 Å². The maximum atomic E-state index is 13.2. The van der Waals surface area contributed by atoms with Crippen molar-refractivity contribution in [2.24, 2.45) is 5.92 Å². The highest BCUT2D eigenvalue weighted by Crippen LogP contribution is 2.48. The van der Waals surface area contributed by atoms with Crippen LogP contribution < -0.4 is 0 Å². The Labute approximate surface area is 174 Å². The number of carbonyl (C=O) groups excluding carboxylic acids is 1. The van der Waals surface area contributed by atoms with E-state index in [1.807, 2.05) is 56.1 Å². The van der Waals surface area contributed by atoms with Crippen molar-refractivity contribution < 1.29 is 18.0 Å². The van der Waals surface area contributed by atoms with Crippen molar-refractivity contribution in [1.82, 2.24) is 14.8 Å².